The van der Waals surface area contributed by atoms with Crippen molar-refractivity contribution in [2.75, 3.05) is 18.7 Å². The van der Waals surface area contributed by atoms with Crippen molar-refractivity contribution in [3.05, 3.63) is 29.6 Å². The quantitative estimate of drug-likeness (QED) is 0.624. The lowest BCUT2D eigenvalue weighted by atomic mass is 10.2. The highest BCUT2D eigenvalue weighted by atomic mass is 35.5. The van der Waals surface area contributed by atoms with E-state index in [0.29, 0.717) is 31.8 Å². The number of aromatic nitrogens is 2. The Kier molecular flexibility index (Phi) is 5.24. The molecule has 2 aromatic rings. The number of benzene rings is 1. The van der Waals surface area contributed by atoms with Crippen LogP contribution in [0, 0.1) is 6.92 Å². The first-order valence-corrected chi connectivity index (χ1v) is 9.30. The molecular weight excluding hydrogens is 310 g/mol. The third kappa shape index (κ3) is 4.18. The van der Waals surface area contributed by atoms with Crippen LogP contribution in [0.5, 0.6) is 0 Å². The van der Waals surface area contributed by atoms with E-state index in [4.69, 9.17) is 11.6 Å². The molecule has 0 aliphatic rings. The highest BCUT2D eigenvalue weighted by molar-refractivity contribution is 7.88. The van der Waals surface area contributed by atoms with Gasteiger partial charge in [-0.3, -0.25) is 0 Å². The Bertz CT molecular complexity index is 725. The summed E-state index contributed by atoms with van der Waals surface area (Å²) in [5, 5.41) is 0. The molecule has 0 amide bonds. The number of hydrogen-bond acceptors (Lipinski definition) is 3. The zero-order valence-electron chi connectivity index (χ0n) is 12.3. The van der Waals surface area contributed by atoms with Gasteiger partial charge in [0.25, 0.3) is 0 Å². The molecule has 0 saturated carbocycles. The van der Waals surface area contributed by atoms with Crippen LogP contribution in [0.4, 0.5) is 0 Å². The normalized spacial score (nSPS) is 12.1. The number of halogens is 1. The average molecular weight is 330 g/mol. The third-order valence-corrected chi connectivity index (χ3v) is 4.22. The van der Waals surface area contributed by atoms with E-state index in [1.54, 1.807) is 0 Å². The van der Waals surface area contributed by atoms with Gasteiger partial charge in [0.05, 0.1) is 17.3 Å². The van der Waals surface area contributed by atoms with E-state index < -0.39 is 10.0 Å². The lowest BCUT2D eigenvalue weighted by Crippen LogP contribution is -2.24. The van der Waals surface area contributed by atoms with Crippen molar-refractivity contribution in [1.82, 2.24) is 14.3 Å². The van der Waals surface area contributed by atoms with Gasteiger partial charge < -0.3 is 4.57 Å². The molecule has 21 heavy (non-hydrogen) atoms. The number of imidazole rings is 1. The van der Waals surface area contributed by atoms with Gasteiger partial charge >= 0.3 is 0 Å². The second-order valence-corrected chi connectivity index (χ2v) is 7.29. The van der Waals surface area contributed by atoms with Crippen LogP contribution in [0.25, 0.3) is 11.0 Å². The monoisotopic (exact) mass is 329 g/mol. The largest absolute Gasteiger partial charge is 0.328 e. The van der Waals surface area contributed by atoms with Gasteiger partial charge in [-0.05, 0) is 25.0 Å². The van der Waals surface area contributed by atoms with E-state index in [1.165, 1.54) is 6.26 Å². The van der Waals surface area contributed by atoms with Gasteiger partial charge in [0, 0.05) is 25.4 Å². The van der Waals surface area contributed by atoms with E-state index in [9.17, 15) is 8.42 Å². The van der Waals surface area contributed by atoms with E-state index in [1.807, 2.05) is 25.1 Å². The molecule has 2 rings (SSSR count). The predicted octanol–water partition coefficient (Wildman–Crippen LogP) is 2.07. The lowest BCUT2D eigenvalue weighted by Gasteiger charge is -2.09. The first-order chi connectivity index (χ1) is 9.92. The maximum absolute atomic E-state index is 11.1. The summed E-state index contributed by atoms with van der Waals surface area (Å²) in [7, 11) is -3.13. The van der Waals surface area contributed by atoms with Crippen molar-refractivity contribution in [1.29, 1.82) is 0 Å². The van der Waals surface area contributed by atoms with Crippen LogP contribution in [-0.2, 0) is 23.0 Å². The number of nitrogens with zero attached hydrogens (tertiary/aromatic N) is 2. The fourth-order valence-corrected chi connectivity index (χ4v) is 3.04. The SMILES string of the molecule is Cc1cccc2c1nc(CCCl)n2CCCNS(C)(=O)=O. The number of rotatable bonds is 7. The molecule has 1 aromatic carbocycles. The number of sulfonamides is 1. The van der Waals surface area contributed by atoms with Gasteiger partial charge in [0.15, 0.2) is 0 Å². The summed E-state index contributed by atoms with van der Waals surface area (Å²) in [4.78, 5) is 4.67. The number of fused-ring (bicyclic) bond motifs is 1. The smallest absolute Gasteiger partial charge is 0.208 e. The van der Waals surface area contributed by atoms with Gasteiger partial charge in [0.1, 0.15) is 5.82 Å². The maximum atomic E-state index is 11.1. The first kappa shape index (κ1) is 16.3. The molecule has 7 heteroatoms. The maximum Gasteiger partial charge on any atom is 0.208 e. The Labute approximate surface area is 130 Å². The molecule has 1 aromatic heterocycles. The Balaban J connectivity index is 2.20. The Morgan fingerprint density at radius 2 is 2.14 bits per heavy atom. The van der Waals surface area contributed by atoms with Crippen molar-refractivity contribution in [2.45, 2.75) is 26.3 Å². The highest BCUT2D eigenvalue weighted by Crippen LogP contribution is 2.20. The first-order valence-electron chi connectivity index (χ1n) is 6.87. The minimum Gasteiger partial charge on any atom is -0.328 e. The van der Waals surface area contributed by atoms with Crippen LogP contribution in [0.2, 0.25) is 0 Å². The number of aryl methyl sites for hydroxylation is 3. The van der Waals surface area contributed by atoms with Crippen LogP contribution < -0.4 is 4.72 Å². The standard InChI is InChI=1S/C14H20ClN3O2S/c1-11-5-3-6-12-14(11)17-13(7-8-15)18(12)10-4-9-16-21(2,19)20/h3,5-6,16H,4,7-10H2,1-2H3. The fourth-order valence-electron chi connectivity index (χ4n) is 2.35. The Morgan fingerprint density at radius 3 is 2.81 bits per heavy atom. The topological polar surface area (TPSA) is 64.0 Å². The van der Waals surface area contributed by atoms with Crippen molar-refractivity contribution < 1.29 is 8.42 Å². The summed E-state index contributed by atoms with van der Waals surface area (Å²) < 4.78 is 26.8. The van der Waals surface area contributed by atoms with Crippen LogP contribution in [0.3, 0.4) is 0 Å². The number of alkyl halides is 1. The van der Waals surface area contributed by atoms with Crippen molar-refractivity contribution in [3.8, 4) is 0 Å². The molecule has 1 N–H and O–H groups in total. The molecule has 0 atom stereocenters. The molecule has 0 fully saturated rings. The molecule has 0 aliphatic carbocycles. The van der Waals surface area contributed by atoms with Crippen LogP contribution in [0.1, 0.15) is 17.8 Å². The number of para-hydroxylation sites is 1. The molecular formula is C14H20ClN3O2S. The van der Waals surface area contributed by atoms with Gasteiger partial charge in [-0.15, -0.1) is 11.6 Å². The Morgan fingerprint density at radius 1 is 1.38 bits per heavy atom. The van der Waals surface area contributed by atoms with Gasteiger partial charge in [-0.1, -0.05) is 12.1 Å². The predicted molar refractivity (Wildman–Crippen MR) is 86.4 cm³/mol. The van der Waals surface area contributed by atoms with Crippen LogP contribution in [-0.4, -0.2) is 36.6 Å². The molecule has 0 aliphatic heterocycles. The summed E-state index contributed by atoms with van der Waals surface area (Å²) in [5.41, 5.74) is 3.21. The van der Waals surface area contributed by atoms with Crippen LogP contribution >= 0.6 is 11.6 Å². The average Bonchev–Trinajstić information content (AvgIpc) is 2.74. The van der Waals surface area contributed by atoms with Crippen LogP contribution in [0.15, 0.2) is 18.2 Å². The second-order valence-electron chi connectivity index (χ2n) is 5.08. The van der Waals surface area contributed by atoms with Gasteiger partial charge in [0.2, 0.25) is 10.0 Å². The van der Waals surface area contributed by atoms with E-state index in [2.05, 4.69) is 14.3 Å². The zero-order chi connectivity index (χ0) is 15.5. The molecule has 0 unspecified atom stereocenters. The minimum absolute atomic E-state index is 0.421. The van der Waals surface area contributed by atoms with E-state index in [-0.39, 0.29) is 0 Å². The van der Waals surface area contributed by atoms with Gasteiger partial charge in [-0.25, -0.2) is 18.1 Å². The molecule has 1 heterocycles. The zero-order valence-corrected chi connectivity index (χ0v) is 13.8. The highest BCUT2D eigenvalue weighted by Gasteiger charge is 2.11. The van der Waals surface area contributed by atoms with Crippen molar-refractivity contribution in [3.63, 3.8) is 0 Å². The molecule has 0 spiro atoms. The molecule has 0 bridgehead atoms. The van der Waals surface area contributed by atoms with Gasteiger partial charge in [-0.2, -0.15) is 0 Å². The summed E-state index contributed by atoms with van der Waals surface area (Å²) in [5.74, 6) is 1.47. The van der Waals surface area contributed by atoms with E-state index >= 15 is 0 Å². The van der Waals surface area contributed by atoms with Crippen molar-refractivity contribution in [2.24, 2.45) is 0 Å². The summed E-state index contributed by atoms with van der Waals surface area (Å²) >= 11 is 5.85. The molecule has 0 saturated heterocycles. The third-order valence-electron chi connectivity index (χ3n) is 3.30. The summed E-state index contributed by atoms with van der Waals surface area (Å²) in [6, 6.07) is 6.08. The number of hydrogen-bond donors (Lipinski definition) is 1. The second kappa shape index (κ2) is 6.77. The minimum atomic E-state index is -3.13. The molecule has 116 valence electrons. The van der Waals surface area contributed by atoms with E-state index in [0.717, 1.165) is 22.4 Å². The molecule has 0 radical (unpaired) electrons. The Hall–Kier alpha value is -1.11. The summed E-state index contributed by atoms with van der Waals surface area (Å²) in [6.45, 7) is 3.18. The molecule has 5 nitrogen and oxygen atoms in total. The number of nitrogens with one attached hydrogen (secondary N) is 1. The van der Waals surface area contributed by atoms with Crippen molar-refractivity contribution >= 4 is 32.7 Å². The lowest BCUT2D eigenvalue weighted by molar-refractivity contribution is 0.574. The fraction of sp³-hybridized carbons (Fsp3) is 0.500. The summed E-state index contributed by atoms with van der Waals surface area (Å²) in [6.07, 6.45) is 2.58.